The van der Waals surface area contributed by atoms with Crippen LogP contribution in [-0.2, 0) is 12.8 Å². The summed E-state index contributed by atoms with van der Waals surface area (Å²) in [4.78, 5) is 5.34. The van der Waals surface area contributed by atoms with Crippen LogP contribution >= 0.6 is 0 Å². The molecule has 0 saturated carbocycles. The van der Waals surface area contributed by atoms with Gasteiger partial charge in [-0.3, -0.25) is 0 Å². The smallest absolute Gasteiger partial charge is 0.252 e. The Hall–Kier alpha value is -8.40. The van der Waals surface area contributed by atoms with Crippen molar-refractivity contribution in [1.82, 2.24) is 0 Å². The molecule has 0 N–H and O–H groups in total. The first-order chi connectivity index (χ1) is 35.9. The molecule has 0 bridgehead atoms. The number of fused-ring (bicyclic) bond motifs is 20. The summed E-state index contributed by atoms with van der Waals surface area (Å²) in [7, 11) is 0. The van der Waals surface area contributed by atoms with Gasteiger partial charge in [-0.2, -0.15) is 0 Å². The Kier molecular flexibility index (Phi) is 9.30. The van der Waals surface area contributed by atoms with Gasteiger partial charge in [0.25, 0.3) is 6.71 Å². The molecule has 2 heterocycles. The fourth-order valence-corrected chi connectivity index (χ4v) is 13.7. The molecule has 3 heteroatoms. The number of hydrogen-bond donors (Lipinski definition) is 0. The van der Waals surface area contributed by atoms with E-state index >= 15 is 0 Å². The van der Waals surface area contributed by atoms with Gasteiger partial charge in [-0.05, 0) is 153 Å². The van der Waals surface area contributed by atoms with Crippen LogP contribution in [0.25, 0.3) is 86.2 Å². The van der Waals surface area contributed by atoms with Gasteiger partial charge in [0.1, 0.15) is 0 Å². The Labute approximate surface area is 426 Å². The fourth-order valence-electron chi connectivity index (χ4n) is 13.7. The van der Waals surface area contributed by atoms with Crippen molar-refractivity contribution in [3.05, 3.63) is 223 Å². The third-order valence-electron chi connectivity index (χ3n) is 16.4. The molecule has 0 amide bonds. The minimum absolute atomic E-state index is 0.0347. The van der Waals surface area contributed by atoms with Gasteiger partial charge in [0.05, 0.1) is 5.69 Å². The molecular weight excluding hydrogens is 880 g/mol. The van der Waals surface area contributed by atoms with Crippen LogP contribution in [-0.4, -0.2) is 6.71 Å². The highest BCUT2D eigenvalue weighted by Gasteiger charge is 2.45. The van der Waals surface area contributed by atoms with Crippen molar-refractivity contribution < 1.29 is 0 Å². The van der Waals surface area contributed by atoms with E-state index in [4.69, 9.17) is 0 Å². The van der Waals surface area contributed by atoms with Gasteiger partial charge in [0.15, 0.2) is 0 Å². The maximum atomic E-state index is 2.69. The van der Waals surface area contributed by atoms with Crippen LogP contribution in [0.5, 0.6) is 0 Å². The molecule has 2 aliphatic heterocycles. The van der Waals surface area contributed by atoms with Crippen molar-refractivity contribution >= 4 is 143 Å². The summed E-state index contributed by atoms with van der Waals surface area (Å²) in [5.41, 5.74) is 14.3. The van der Waals surface area contributed by atoms with E-state index in [1.807, 2.05) is 0 Å². The Morgan fingerprint density at radius 1 is 0.315 bits per heavy atom. The zero-order valence-corrected chi connectivity index (χ0v) is 41.7. The minimum Gasteiger partial charge on any atom is -0.311 e. The molecule has 73 heavy (non-hydrogen) atoms. The normalized spacial score (nSPS) is 13.2. The molecule has 0 atom stereocenters. The number of nitrogens with zero attached hydrogens (tertiary/aromatic N) is 2. The van der Waals surface area contributed by atoms with Crippen molar-refractivity contribution in [3.63, 3.8) is 0 Å². The van der Waals surface area contributed by atoms with E-state index in [1.165, 1.54) is 148 Å². The molecule has 2 nitrogen and oxygen atoms in total. The highest BCUT2D eigenvalue weighted by Crippen LogP contribution is 2.52. The Balaban J connectivity index is 1.11. The zero-order valence-electron chi connectivity index (χ0n) is 41.7. The average Bonchev–Trinajstić information content (AvgIpc) is 3.43. The summed E-state index contributed by atoms with van der Waals surface area (Å²) in [6.45, 7) is 9.44. The second-order valence-electron chi connectivity index (χ2n) is 21.7. The van der Waals surface area contributed by atoms with E-state index in [2.05, 4.69) is 250 Å². The van der Waals surface area contributed by atoms with Crippen LogP contribution < -0.4 is 26.2 Å². The lowest BCUT2D eigenvalue weighted by atomic mass is 9.33. The molecule has 0 unspecified atom stereocenters. The van der Waals surface area contributed by atoms with Crippen LogP contribution in [0.3, 0.4) is 0 Å². The second-order valence-corrected chi connectivity index (χ2v) is 21.7. The summed E-state index contributed by atoms with van der Waals surface area (Å²) < 4.78 is 0. The van der Waals surface area contributed by atoms with E-state index in [0.717, 1.165) is 12.8 Å². The quantitative estimate of drug-likeness (QED) is 0.121. The molecule has 0 spiro atoms. The molecular formula is C70H53BN2. The highest BCUT2D eigenvalue weighted by molar-refractivity contribution is 7.01. The maximum absolute atomic E-state index is 2.69. The van der Waals surface area contributed by atoms with Gasteiger partial charge < -0.3 is 9.80 Å². The first-order valence-corrected chi connectivity index (χ1v) is 26.4. The SMILES string of the molecule is CC(C)Cc1cc2c(c3ccccc13)N(c1ccc3c4ccccc4c4ccccc4c3c1)c1cccc3c1B2c1cc(CC(C)C)c2ccccc2c1N3c1cccc2c3ccccc3c3ccccc3c12. The van der Waals surface area contributed by atoms with Gasteiger partial charge in [0, 0.05) is 44.6 Å². The molecule has 0 saturated heterocycles. The maximum Gasteiger partial charge on any atom is 0.252 e. The molecule has 0 radical (unpaired) electrons. The molecule has 15 rings (SSSR count). The van der Waals surface area contributed by atoms with Gasteiger partial charge in [-0.15, -0.1) is 0 Å². The van der Waals surface area contributed by atoms with Crippen molar-refractivity contribution in [2.45, 2.75) is 40.5 Å². The fraction of sp³-hybridized carbons (Fsp3) is 0.114. The summed E-state index contributed by atoms with van der Waals surface area (Å²) >= 11 is 0. The molecule has 13 aromatic carbocycles. The molecule has 0 aromatic heterocycles. The van der Waals surface area contributed by atoms with E-state index in [-0.39, 0.29) is 6.71 Å². The average molecular weight is 933 g/mol. The van der Waals surface area contributed by atoms with E-state index in [1.54, 1.807) is 0 Å². The molecule has 0 fully saturated rings. The van der Waals surface area contributed by atoms with Gasteiger partial charge in [0.2, 0.25) is 0 Å². The lowest BCUT2D eigenvalue weighted by Gasteiger charge is -2.45. The highest BCUT2D eigenvalue weighted by atomic mass is 15.2. The van der Waals surface area contributed by atoms with E-state index < -0.39 is 0 Å². The van der Waals surface area contributed by atoms with Gasteiger partial charge >= 0.3 is 0 Å². The van der Waals surface area contributed by atoms with E-state index in [0.29, 0.717) is 11.8 Å². The number of anilines is 6. The van der Waals surface area contributed by atoms with Crippen LogP contribution in [0.15, 0.2) is 212 Å². The Morgan fingerprint density at radius 3 is 1.16 bits per heavy atom. The minimum atomic E-state index is -0.0347. The predicted molar refractivity (Wildman–Crippen MR) is 318 cm³/mol. The van der Waals surface area contributed by atoms with Crippen LogP contribution in [0, 0.1) is 11.8 Å². The summed E-state index contributed by atoms with van der Waals surface area (Å²) in [6.07, 6.45) is 1.99. The van der Waals surface area contributed by atoms with Crippen molar-refractivity contribution in [2.24, 2.45) is 11.8 Å². The van der Waals surface area contributed by atoms with Crippen molar-refractivity contribution in [3.8, 4) is 0 Å². The monoisotopic (exact) mass is 932 g/mol. The van der Waals surface area contributed by atoms with Crippen LogP contribution in [0.1, 0.15) is 38.8 Å². The Morgan fingerprint density at radius 2 is 0.671 bits per heavy atom. The predicted octanol–water partition coefficient (Wildman–Crippen LogP) is 17.4. The van der Waals surface area contributed by atoms with E-state index in [9.17, 15) is 0 Å². The second kappa shape index (κ2) is 16.1. The van der Waals surface area contributed by atoms with Crippen LogP contribution in [0.4, 0.5) is 34.1 Å². The zero-order chi connectivity index (χ0) is 48.6. The van der Waals surface area contributed by atoms with Crippen molar-refractivity contribution in [2.75, 3.05) is 9.80 Å². The summed E-state index contributed by atoms with van der Waals surface area (Å²) in [6, 6.07) is 81.3. The van der Waals surface area contributed by atoms with Crippen molar-refractivity contribution in [1.29, 1.82) is 0 Å². The first-order valence-electron chi connectivity index (χ1n) is 26.4. The standard InChI is InChI=1S/C70H53BN2/c1-42(2)37-44-39-62-69(59-29-15-5-19-47(44)59)72(46-35-36-56-51-23-8-7-21-49(51)50-22-10-12-27-55(50)61(56)41-46)65-33-18-34-66-68(65)71(62)63-40-45(38-43(3)4)48-20-6-16-30-60(48)70(63)73(66)64-32-17-31-58-54-25-11-9-24-52(54)53-26-13-14-28-57(53)67(58)64/h5-36,39-43H,37-38H2,1-4H3. The molecule has 346 valence electrons. The largest absolute Gasteiger partial charge is 0.311 e. The summed E-state index contributed by atoms with van der Waals surface area (Å²) in [5.74, 6) is 0.971. The molecule has 2 aliphatic rings. The molecule has 13 aromatic rings. The van der Waals surface area contributed by atoms with Gasteiger partial charge in [-0.1, -0.05) is 210 Å². The summed E-state index contributed by atoms with van der Waals surface area (Å²) in [5, 5.41) is 20.6. The number of benzene rings is 13. The topological polar surface area (TPSA) is 6.48 Å². The third-order valence-corrected chi connectivity index (χ3v) is 16.4. The van der Waals surface area contributed by atoms with Gasteiger partial charge in [-0.25, -0.2) is 0 Å². The number of rotatable bonds is 6. The first kappa shape index (κ1) is 42.3. The van der Waals surface area contributed by atoms with Crippen LogP contribution in [0.2, 0.25) is 0 Å². The Bertz CT molecular complexity index is 4410. The lowest BCUT2D eigenvalue weighted by molar-refractivity contribution is 0.650. The number of hydrogen-bond acceptors (Lipinski definition) is 2. The lowest BCUT2D eigenvalue weighted by Crippen LogP contribution is -2.61. The third kappa shape index (κ3) is 6.12. The molecule has 0 aliphatic carbocycles.